The maximum Gasteiger partial charge on any atom is 0.0843 e. The zero-order valence-corrected chi connectivity index (χ0v) is 14.6. The summed E-state index contributed by atoms with van der Waals surface area (Å²) in [6, 6.07) is 13.5. The van der Waals surface area contributed by atoms with E-state index in [9.17, 15) is 0 Å². The van der Waals surface area contributed by atoms with Crippen molar-refractivity contribution in [3.63, 3.8) is 0 Å². The molecule has 0 bridgehead atoms. The lowest BCUT2D eigenvalue weighted by Gasteiger charge is -2.26. The SMILES string of the molecule is CNC(c1cc(Br)c(Br)s1)C1(c2ccccc2)CC1. The molecule has 1 N–H and O–H groups in total. The number of rotatable bonds is 4. The Morgan fingerprint density at radius 3 is 2.37 bits per heavy atom. The Labute approximate surface area is 134 Å². The molecule has 1 fully saturated rings. The molecule has 1 saturated carbocycles. The molecule has 100 valence electrons. The first-order valence-electron chi connectivity index (χ1n) is 6.35. The lowest BCUT2D eigenvalue weighted by atomic mass is 9.87. The van der Waals surface area contributed by atoms with E-state index in [1.165, 1.54) is 27.1 Å². The van der Waals surface area contributed by atoms with Gasteiger partial charge >= 0.3 is 0 Å². The topological polar surface area (TPSA) is 12.0 Å². The van der Waals surface area contributed by atoms with Crippen molar-refractivity contribution in [2.45, 2.75) is 24.3 Å². The minimum absolute atomic E-state index is 0.278. The molecule has 1 heterocycles. The van der Waals surface area contributed by atoms with Crippen LogP contribution in [0, 0.1) is 0 Å². The molecule has 1 atom stereocenters. The van der Waals surface area contributed by atoms with Crippen molar-refractivity contribution in [2.24, 2.45) is 0 Å². The lowest BCUT2D eigenvalue weighted by molar-refractivity contribution is 0.470. The fourth-order valence-corrected chi connectivity index (χ4v) is 5.16. The molecular weight excluding hydrogens is 386 g/mol. The second-order valence-corrected chi connectivity index (χ2v) is 8.27. The molecule has 4 heteroatoms. The fraction of sp³-hybridized carbons (Fsp3) is 0.333. The molecule has 3 rings (SSSR count). The Hall–Kier alpha value is -0.160. The summed E-state index contributed by atoms with van der Waals surface area (Å²) in [5, 5.41) is 3.53. The molecule has 0 saturated heterocycles. The third-order valence-corrected chi connectivity index (χ3v) is 7.25. The van der Waals surface area contributed by atoms with Crippen LogP contribution in [0.4, 0.5) is 0 Å². The Balaban J connectivity index is 1.99. The van der Waals surface area contributed by atoms with Crippen LogP contribution in [0.15, 0.2) is 44.7 Å². The summed E-state index contributed by atoms with van der Waals surface area (Å²) in [7, 11) is 2.06. The van der Waals surface area contributed by atoms with E-state index in [4.69, 9.17) is 0 Å². The summed E-state index contributed by atoms with van der Waals surface area (Å²) in [6.45, 7) is 0. The van der Waals surface area contributed by atoms with Gasteiger partial charge in [-0.1, -0.05) is 30.3 Å². The van der Waals surface area contributed by atoms with Gasteiger partial charge in [0.25, 0.3) is 0 Å². The summed E-state index contributed by atoms with van der Waals surface area (Å²) in [5.74, 6) is 0. The zero-order chi connectivity index (χ0) is 13.5. The molecule has 1 aromatic heterocycles. The van der Waals surface area contributed by atoms with Gasteiger partial charge in [-0.15, -0.1) is 11.3 Å². The first-order chi connectivity index (χ1) is 9.17. The summed E-state index contributed by atoms with van der Waals surface area (Å²) < 4.78 is 2.32. The first kappa shape index (κ1) is 13.8. The Morgan fingerprint density at radius 2 is 1.89 bits per heavy atom. The van der Waals surface area contributed by atoms with Gasteiger partial charge in [0.15, 0.2) is 0 Å². The van der Waals surface area contributed by atoms with Crippen LogP contribution in [0.2, 0.25) is 0 Å². The normalized spacial score (nSPS) is 18.3. The van der Waals surface area contributed by atoms with E-state index < -0.39 is 0 Å². The number of benzene rings is 1. The van der Waals surface area contributed by atoms with Crippen molar-refractivity contribution in [3.05, 3.63) is 55.1 Å². The van der Waals surface area contributed by atoms with Crippen LogP contribution in [0.5, 0.6) is 0 Å². The predicted molar refractivity (Wildman–Crippen MR) is 88.9 cm³/mol. The summed E-state index contributed by atoms with van der Waals surface area (Å²) in [4.78, 5) is 1.39. The van der Waals surface area contributed by atoms with E-state index in [1.54, 1.807) is 0 Å². The minimum Gasteiger partial charge on any atom is -0.312 e. The lowest BCUT2D eigenvalue weighted by Crippen LogP contribution is -2.28. The molecule has 0 radical (unpaired) electrons. The van der Waals surface area contributed by atoms with E-state index in [-0.39, 0.29) is 5.41 Å². The van der Waals surface area contributed by atoms with E-state index in [1.807, 2.05) is 11.3 Å². The van der Waals surface area contributed by atoms with Gasteiger partial charge in [0.05, 0.1) is 9.83 Å². The second-order valence-electron chi connectivity index (χ2n) is 5.01. The molecule has 19 heavy (non-hydrogen) atoms. The van der Waals surface area contributed by atoms with Crippen LogP contribution >= 0.6 is 43.2 Å². The van der Waals surface area contributed by atoms with Crippen molar-refractivity contribution in [1.29, 1.82) is 0 Å². The maximum atomic E-state index is 3.60. The Morgan fingerprint density at radius 1 is 1.21 bits per heavy atom. The molecule has 0 aliphatic heterocycles. The van der Waals surface area contributed by atoms with Gasteiger partial charge in [0, 0.05) is 14.8 Å². The molecule has 1 nitrogen and oxygen atoms in total. The average molecular weight is 401 g/mol. The van der Waals surface area contributed by atoms with Gasteiger partial charge in [0.1, 0.15) is 0 Å². The summed E-state index contributed by atoms with van der Waals surface area (Å²) >= 11 is 9.01. The van der Waals surface area contributed by atoms with Crippen molar-refractivity contribution >= 4 is 43.2 Å². The molecule has 1 aliphatic rings. The number of hydrogen-bond donors (Lipinski definition) is 1. The second kappa shape index (κ2) is 5.32. The van der Waals surface area contributed by atoms with Crippen molar-refractivity contribution in [2.75, 3.05) is 7.05 Å². The van der Waals surface area contributed by atoms with Crippen LogP contribution in [-0.4, -0.2) is 7.05 Å². The van der Waals surface area contributed by atoms with E-state index in [0.717, 1.165) is 4.47 Å². The van der Waals surface area contributed by atoms with Crippen LogP contribution in [0.1, 0.15) is 29.3 Å². The number of hydrogen-bond acceptors (Lipinski definition) is 2. The first-order valence-corrected chi connectivity index (χ1v) is 8.75. The van der Waals surface area contributed by atoms with Gasteiger partial charge in [0.2, 0.25) is 0 Å². The zero-order valence-electron chi connectivity index (χ0n) is 10.6. The van der Waals surface area contributed by atoms with Gasteiger partial charge in [-0.05, 0) is 63.4 Å². The molecule has 2 aromatic rings. The largest absolute Gasteiger partial charge is 0.312 e. The highest BCUT2D eigenvalue weighted by Crippen LogP contribution is 2.57. The smallest absolute Gasteiger partial charge is 0.0843 e. The predicted octanol–water partition coefficient (Wildman–Crippen LogP) is 5.27. The monoisotopic (exact) mass is 399 g/mol. The number of likely N-dealkylation sites (N-methyl/N-ethyl adjacent to an activating group) is 1. The van der Waals surface area contributed by atoms with Crippen LogP contribution < -0.4 is 5.32 Å². The number of nitrogens with one attached hydrogen (secondary N) is 1. The molecule has 0 spiro atoms. The third kappa shape index (κ3) is 2.44. The molecule has 1 aliphatic carbocycles. The Kier molecular flexibility index (Phi) is 3.87. The Bertz CT molecular complexity index is 556. The van der Waals surface area contributed by atoms with Gasteiger partial charge < -0.3 is 5.32 Å². The molecule has 1 unspecified atom stereocenters. The highest BCUT2D eigenvalue weighted by Gasteiger charge is 2.51. The van der Waals surface area contributed by atoms with Gasteiger partial charge in [-0.2, -0.15) is 0 Å². The maximum absolute atomic E-state index is 3.60. The third-order valence-electron chi connectivity index (χ3n) is 3.93. The molecular formula is C15H15Br2NS. The van der Waals surface area contributed by atoms with Crippen LogP contribution in [0.25, 0.3) is 0 Å². The molecule has 0 amide bonds. The van der Waals surface area contributed by atoms with Crippen molar-refractivity contribution in [1.82, 2.24) is 5.32 Å². The fourth-order valence-electron chi connectivity index (χ4n) is 2.85. The van der Waals surface area contributed by atoms with Gasteiger partial charge in [-0.3, -0.25) is 0 Å². The highest BCUT2D eigenvalue weighted by atomic mass is 79.9. The molecule has 1 aromatic carbocycles. The van der Waals surface area contributed by atoms with Crippen LogP contribution in [0.3, 0.4) is 0 Å². The average Bonchev–Trinajstić information content (AvgIpc) is 3.15. The highest BCUT2D eigenvalue weighted by molar-refractivity contribution is 9.13. The van der Waals surface area contributed by atoms with Crippen LogP contribution in [-0.2, 0) is 5.41 Å². The minimum atomic E-state index is 0.278. The number of thiophene rings is 1. The summed E-state index contributed by atoms with van der Waals surface area (Å²) in [5.41, 5.74) is 1.73. The van der Waals surface area contributed by atoms with E-state index in [2.05, 4.69) is 80.6 Å². The van der Waals surface area contributed by atoms with Crippen molar-refractivity contribution < 1.29 is 0 Å². The van der Waals surface area contributed by atoms with E-state index in [0.29, 0.717) is 6.04 Å². The van der Waals surface area contributed by atoms with Crippen molar-refractivity contribution in [3.8, 4) is 0 Å². The standard InChI is InChI=1S/C15H15Br2NS/c1-18-13(12-9-11(16)14(17)19-12)15(7-8-15)10-5-3-2-4-6-10/h2-6,9,13,18H,7-8H2,1H3. The quantitative estimate of drug-likeness (QED) is 0.737. The van der Waals surface area contributed by atoms with E-state index >= 15 is 0 Å². The summed E-state index contributed by atoms with van der Waals surface area (Å²) in [6.07, 6.45) is 2.52. The van der Waals surface area contributed by atoms with Gasteiger partial charge in [-0.25, -0.2) is 0 Å². The number of halogens is 2.